The van der Waals surface area contributed by atoms with Gasteiger partial charge in [-0.15, -0.1) is 6.58 Å². The molecule has 0 radical (unpaired) electrons. The van der Waals surface area contributed by atoms with Crippen molar-refractivity contribution in [1.82, 2.24) is 10.2 Å². The van der Waals surface area contributed by atoms with E-state index < -0.39 is 0 Å². The van der Waals surface area contributed by atoms with Crippen LogP contribution in [0.3, 0.4) is 0 Å². The Morgan fingerprint density at radius 3 is 2.65 bits per heavy atom. The highest BCUT2D eigenvalue weighted by atomic mass is 16.5. The third kappa shape index (κ3) is 4.56. The van der Waals surface area contributed by atoms with Crippen molar-refractivity contribution in [3.8, 4) is 0 Å². The molecule has 0 bridgehead atoms. The number of carbonyl (C=O) groups excluding carboxylic acids is 2. The highest BCUT2D eigenvalue weighted by Crippen LogP contribution is 2.17. The second-order valence-electron chi connectivity index (χ2n) is 4.17. The molecule has 17 heavy (non-hydrogen) atoms. The normalized spacial score (nSPS) is 17.5. The van der Waals surface area contributed by atoms with Crippen molar-refractivity contribution in [2.45, 2.75) is 12.8 Å². The number of hydrogen-bond donors (Lipinski definition) is 1. The molecule has 1 amide bonds. The van der Waals surface area contributed by atoms with Gasteiger partial charge in [0.25, 0.3) is 0 Å². The van der Waals surface area contributed by atoms with E-state index in [0.717, 1.165) is 25.9 Å². The number of methoxy groups -OCH3 is 1. The average Bonchev–Trinajstić information content (AvgIpc) is 2.36. The molecule has 0 spiro atoms. The lowest BCUT2D eigenvalue weighted by Gasteiger charge is -2.29. The summed E-state index contributed by atoms with van der Waals surface area (Å²) in [6.07, 6.45) is 3.18. The van der Waals surface area contributed by atoms with Crippen LogP contribution in [-0.4, -0.2) is 50.1 Å². The van der Waals surface area contributed by atoms with E-state index in [1.807, 2.05) is 0 Å². The van der Waals surface area contributed by atoms with Crippen molar-refractivity contribution < 1.29 is 14.3 Å². The minimum Gasteiger partial charge on any atom is -0.469 e. The molecule has 96 valence electrons. The van der Waals surface area contributed by atoms with Gasteiger partial charge in [-0.1, -0.05) is 6.08 Å². The predicted molar refractivity (Wildman–Crippen MR) is 64.4 cm³/mol. The lowest BCUT2D eigenvalue weighted by atomic mass is 9.97. The Balaban J connectivity index is 2.25. The molecule has 0 aromatic carbocycles. The fraction of sp³-hybridized carbons (Fsp3) is 0.667. The van der Waals surface area contributed by atoms with Crippen LogP contribution in [0.2, 0.25) is 0 Å². The first kappa shape index (κ1) is 13.7. The highest BCUT2D eigenvalue weighted by molar-refractivity contribution is 5.78. The summed E-state index contributed by atoms with van der Waals surface area (Å²) in [4.78, 5) is 24.8. The number of rotatable bonds is 5. The Morgan fingerprint density at radius 2 is 2.12 bits per heavy atom. The van der Waals surface area contributed by atoms with Gasteiger partial charge in [-0.2, -0.15) is 0 Å². The van der Waals surface area contributed by atoms with Gasteiger partial charge in [-0.3, -0.25) is 14.5 Å². The Hall–Kier alpha value is -1.36. The van der Waals surface area contributed by atoms with Gasteiger partial charge in [0.1, 0.15) is 0 Å². The molecular weight excluding hydrogens is 220 g/mol. The zero-order valence-electron chi connectivity index (χ0n) is 10.3. The molecule has 5 heteroatoms. The standard InChI is InChI=1S/C12H20N2O3/c1-3-6-13-11(15)9-14-7-4-10(5-8-14)12(16)17-2/h3,10H,1,4-9H2,2H3,(H,13,15). The molecule has 0 aliphatic carbocycles. The Morgan fingerprint density at radius 1 is 1.47 bits per heavy atom. The van der Waals surface area contributed by atoms with Crippen LogP contribution in [0.1, 0.15) is 12.8 Å². The number of nitrogens with one attached hydrogen (secondary N) is 1. The molecular formula is C12H20N2O3. The van der Waals surface area contributed by atoms with Crippen LogP contribution in [0.5, 0.6) is 0 Å². The quantitative estimate of drug-likeness (QED) is 0.550. The Labute approximate surface area is 102 Å². The first-order valence-electron chi connectivity index (χ1n) is 5.85. The average molecular weight is 240 g/mol. The van der Waals surface area contributed by atoms with Gasteiger partial charge in [0.2, 0.25) is 5.91 Å². The van der Waals surface area contributed by atoms with Crippen LogP contribution in [0, 0.1) is 5.92 Å². The van der Waals surface area contributed by atoms with Crippen molar-refractivity contribution in [2.24, 2.45) is 5.92 Å². The fourth-order valence-corrected chi connectivity index (χ4v) is 1.94. The molecule has 1 fully saturated rings. The van der Waals surface area contributed by atoms with E-state index in [4.69, 9.17) is 4.74 Å². The number of likely N-dealkylation sites (tertiary alicyclic amines) is 1. The maximum atomic E-state index is 11.4. The zero-order valence-corrected chi connectivity index (χ0v) is 10.3. The van der Waals surface area contributed by atoms with E-state index in [2.05, 4.69) is 16.8 Å². The van der Waals surface area contributed by atoms with E-state index in [1.54, 1.807) is 6.08 Å². The largest absolute Gasteiger partial charge is 0.469 e. The first-order valence-corrected chi connectivity index (χ1v) is 5.85. The number of esters is 1. The van der Waals surface area contributed by atoms with Crippen LogP contribution in [0.15, 0.2) is 12.7 Å². The number of carbonyl (C=O) groups is 2. The van der Waals surface area contributed by atoms with Crippen LogP contribution in [0.4, 0.5) is 0 Å². The van der Waals surface area contributed by atoms with E-state index in [1.165, 1.54) is 7.11 Å². The maximum absolute atomic E-state index is 11.4. The molecule has 1 aliphatic heterocycles. The van der Waals surface area contributed by atoms with E-state index in [9.17, 15) is 9.59 Å². The number of amides is 1. The molecule has 1 rings (SSSR count). The summed E-state index contributed by atoms with van der Waals surface area (Å²) in [5, 5.41) is 2.73. The fourth-order valence-electron chi connectivity index (χ4n) is 1.94. The second kappa shape index (κ2) is 7.06. The first-order chi connectivity index (χ1) is 8.17. The number of hydrogen-bond acceptors (Lipinski definition) is 4. The minimum absolute atomic E-state index is 0.00131. The SMILES string of the molecule is C=CCNC(=O)CN1CCC(C(=O)OC)CC1. The van der Waals surface area contributed by atoms with Crippen molar-refractivity contribution in [2.75, 3.05) is 33.3 Å². The lowest BCUT2D eigenvalue weighted by Crippen LogP contribution is -2.42. The molecule has 0 atom stereocenters. The lowest BCUT2D eigenvalue weighted by molar-refractivity contribution is -0.147. The predicted octanol–water partition coefficient (Wildman–Crippen LogP) is 0.174. The van der Waals surface area contributed by atoms with Gasteiger partial charge in [0.05, 0.1) is 19.6 Å². The van der Waals surface area contributed by atoms with Crippen LogP contribution in [-0.2, 0) is 14.3 Å². The van der Waals surface area contributed by atoms with Crippen LogP contribution < -0.4 is 5.32 Å². The number of ether oxygens (including phenoxy) is 1. The van der Waals surface area contributed by atoms with Crippen LogP contribution >= 0.6 is 0 Å². The summed E-state index contributed by atoms with van der Waals surface area (Å²) >= 11 is 0. The molecule has 0 aromatic heterocycles. The van der Waals surface area contributed by atoms with Gasteiger partial charge in [0.15, 0.2) is 0 Å². The smallest absolute Gasteiger partial charge is 0.308 e. The minimum atomic E-state index is -0.138. The molecule has 1 N–H and O–H groups in total. The Kier molecular flexibility index (Phi) is 5.69. The monoisotopic (exact) mass is 240 g/mol. The molecule has 1 heterocycles. The second-order valence-corrected chi connectivity index (χ2v) is 4.17. The molecule has 0 saturated carbocycles. The van der Waals surface area contributed by atoms with Crippen molar-refractivity contribution in [1.29, 1.82) is 0 Å². The summed E-state index contributed by atoms with van der Waals surface area (Å²) in [5.41, 5.74) is 0. The summed E-state index contributed by atoms with van der Waals surface area (Å²) in [7, 11) is 1.41. The van der Waals surface area contributed by atoms with E-state index in [-0.39, 0.29) is 17.8 Å². The van der Waals surface area contributed by atoms with E-state index in [0.29, 0.717) is 13.1 Å². The maximum Gasteiger partial charge on any atom is 0.308 e. The Bertz CT molecular complexity index is 283. The van der Waals surface area contributed by atoms with Gasteiger partial charge < -0.3 is 10.1 Å². The molecule has 5 nitrogen and oxygen atoms in total. The topological polar surface area (TPSA) is 58.6 Å². The van der Waals surface area contributed by atoms with Gasteiger partial charge in [-0.25, -0.2) is 0 Å². The summed E-state index contributed by atoms with van der Waals surface area (Å²) in [5.74, 6) is -0.144. The third-order valence-corrected chi connectivity index (χ3v) is 2.93. The zero-order chi connectivity index (χ0) is 12.7. The van der Waals surface area contributed by atoms with Crippen molar-refractivity contribution in [3.63, 3.8) is 0 Å². The van der Waals surface area contributed by atoms with Gasteiger partial charge in [0, 0.05) is 6.54 Å². The molecule has 0 aromatic rings. The number of piperidine rings is 1. The highest BCUT2D eigenvalue weighted by Gasteiger charge is 2.26. The summed E-state index contributed by atoms with van der Waals surface area (Å²) in [6.45, 7) is 5.96. The molecule has 0 unspecified atom stereocenters. The summed E-state index contributed by atoms with van der Waals surface area (Å²) in [6, 6.07) is 0. The van der Waals surface area contributed by atoms with Crippen molar-refractivity contribution >= 4 is 11.9 Å². The van der Waals surface area contributed by atoms with Gasteiger partial charge >= 0.3 is 5.97 Å². The third-order valence-electron chi connectivity index (χ3n) is 2.93. The van der Waals surface area contributed by atoms with Gasteiger partial charge in [-0.05, 0) is 25.9 Å². The van der Waals surface area contributed by atoms with Crippen LogP contribution in [0.25, 0.3) is 0 Å². The van der Waals surface area contributed by atoms with Crippen molar-refractivity contribution in [3.05, 3.63) is 12.7 Å². The molecule has 1 saturated heterocycles. The summed E-state index contributed by atoms with van der Waals surface area (Å²) < 4.78 is 4.71. The number of nitrogens with zero attached hydrogens (tertiary/aromatic N) is 1. The molecule has 1 aliphatic rings. The van der Waals surface area contributed by atoms with E-state index >= 15 is 0 Å².